The number of fused-ring (bicyclic) bond motifs is 1. The highest BCUT2D eigenvalue weighted by Gasteiger charge is 2.12. The van der Waals surface area contributed by atoms with Gasteiger partial charge in [0.05, 0.1) is 11.1 Å². The van der Waals surface area contributed by atoms with E-state index in [2.05, 4.69) is 9.97 Å². The molecule has 1 aromatic carbocycles. The van der Waals surface area contributed by atoms with E-state index in [1.54, 1.807) is 18.3 Å². The van der Waals surface area contributed by atoms with Crippen LogP contribution in [-0.4, -0.2) is 21.0 Å². The maximum absolute atomic E-state index is 11.2. The molecule has 0 fully saturated rings. The lowest BCUT2D eigenvalue weighted by Crippen LogP contribution is -2.00. The molecule has 0 radical (unpaired) electrons. The lowest BCUT2D eigenvalue weighted by molar-refractivity contribution is 0.0692. The van der Waals surface area contributed by atoms with E-state index in [1.165, 1.54) is 11.8 Å². The van der Waals surface area contributed by atoms with Crippen LogP contribution in [0.3, 0.4) is 0 Å². The van der Waals surface area contributed by atoms with Crippen LogP contribution in [0.5, 0.6) is 0 Å². The molecule has 1 N–H and O–H groups in total. The Morgan fingerprint density at radius 2 is 1.90 bits per heavy atom. The Balaban J connectivity index is 1.99. The van der Waals surface area contributed by atoms with Crippen LogP contribution in [0.4, 0.5) is 0 Å². The molecule has 5 heteroatoms. The average molecular weight is 282 g/mol. The fraction of sp³-hybridized carbons (Fsp3) is 0. The maximum Gasteiger partial charge on any atom is 0.338 e. The summed E-state index contributed by atoms with van der Waals surface area (Å²) in [5.74, 6) is -0.985. The van der Waals surface area contributed by atoms with E-state index in [4.69, 9.17) is 5.11 Å². The first kappa shape index (κ1) is 12.6. The molecule has 0 amide bonds. The standard InChI is InChI=1S/C15H10N2O2S/c18-15(19)11-5-3-9-16-14(11)20-13-8-7-10-4-1-2-6-12(10)17-13/h1-9H,(H,18,19). The summed E-state index contributed by atoms with van der Waals surface area (Å²) in [5, 5.41) is 11.4. The largest absolute Gasteiger partial charge is 0.478 e. The van der Waals surface area contributed by atoms with Crippen molar-refractivity contribution in [3.05, 3.63) is 60.3 Å². The molecule has 0 aliphatic heterocycles. The Bertz CT molecular complexity index is 789. The Kier molecular flexibility index (Phi) is 3.35. The van der Waals surface area contributed by atoms with Crippen molar-refractivity contribution in [2.45, 2.75) is 10.1 Å². The molecular formula is C15H10N2O2S. The number of nitrogens with zero attached hydrogens (tertiary/aromatic N) is 2. The Hall–Kier alpha value is -2.40. The third-order valence-corrected chi connectivity index (χ3v) is 3.73. The van der Waals surface area contributed by atoms with E-state index in [1.807, 2.05) is 36.4 Å². The molecule has 4 nitrogen and oxygen atoms in total. The quantitative estimate of drug-likeness (QED) is 0.796. The lowest BCUT2D eigenvalue weighted by atomic mass is 10.2. The van der Waals surface area contributed by atoms with Gasteiger partial charge in [0, 0.05) is 11.6 Å². The van der Waals surface area contributed by atoms with Crippen molar-refractivity contribution in [1.29, 1.82) is 0 Å². The summed E-state index contributed by atoms with van der Waals surface area (Å²) < 4.78 is 0. The number of para-hydroxylation sites is 1. The summed E-state index contributed by atoms with van der Waals surface area (Å²) in [7, 11) is 0. The monoisotopic (exact) mass is 282 g/mol. The van der Waals surface area contributed by atoms with Crippen molar-refractivity contribution < 1.29 is 9.90 Å². The Morgan fingerprint density at radius 1 is 1.05 bits per heavy atom. The van der Waals surface area contributed by atoms with Crippen molar-refractivity contribution in [1.82, 2.24) is 9.97 Å². The van der Waals surface area contributed by atoms with Crippen molar-refractivity contribution in [3.63, 3.8) is 0 Å². The smallest absolute Gasteiger partial charge is 0.338 e. The van der Waals surface area contributed by atoms with Crippen LogP contribution >= 0.6 is 11.8 Å². The molecule has 0 unspecified atom stereocenters. The van der Waals surface area contributed by atoms with Gasteiger partial charge >= 0.3 is 5.97 Å². The first-order valence-electron chi connectivity index (χ1n) is 5.96. The zero-order valence-corrected chi connectivity index (χ0v) is 11.2. The molecule has 0 spiro atoms. The van der Waals surface area contributed by atoms with Crippen molar-refractivity contribution in [3.8, 4) is 0 Å². The molecule has 2 heterocycles. The van der Waals surface area contributed by atoms with E-state index >= 15 is 0 Å². The molecule has 20 heavy (non-hydrogen) atoms. The number of aromatic nitrogens is 2. The highest BCUT2D eigenvalue weighted by Crippen LogP contribution is 2.28. The van der Waals surface area contributed by atoms with Gasteiger partial charge in [0.1, 0.15) is 10.1 Å². The second-order valence-electron chi connectivity index (χ2n) is 4.11. The zero-order valence-electron chi connectivity index (χ0n) is 10.4. The third kappa shape index (κ3) is 2.48. The fourth-order valence-electron chi connectivity index (χ4n) is 1.84. The highest BCUT2D eigenvalue weighted by atomic mass is 32.2. The minimum Gasteiger partial charge on any atom is -0.478 e. The van der Waals surface area contributed by atoms with E-state index in [0.29, 0.717) is 5.03 Å². The van der Waals surface area contributed by atoms with Crippen LogP contribution in [-0.2, 0) is 0 Å². The van der Waals surface area contributed by atoms with Crippen molar-refractivity contribution in [2.75, 3.05) is 0 Å². The van der Waals surface area contributed by atoms with Crippen LogP contribution < -0.4 is 0 Å². The highest BCUT2D eigenvalue weighted by molar-refractivity contribution is 7.99. The molecule has 0 saturated heterocycles. The number of aromatic carboxylic acids is 1. The number of rotatable bonds is 3. The third-order valence-electron chi connectivity index (χ3n) is 2.78. The lowest BCUT2D eigenvalue weighted by Gasteiger charge is -2.04. The van der Waals surface area contributed by atoms with E-state index < -0.39 is 5.97 Å². The molecule has 0 atom stereocenters. The summed E-state index contributed by atoms with van der Waals surface area (Å²) in [5.41, 5.74) is 1.07. The summed E-state index contributed by atoms with van der Waals surface area (Å²) in [6, 6.07) is 14.8. The molecule has 0 saturated carbocycles. The number of carboxylic acids is 1. The average Bonchev–Trinajstić information content (AvgIpc) is 2.47. The maximum atomic E-state index is 11.2. The van der Waals surface area contributed by atoms with Gasteiger partial charge in [-0.3, -0.25) is 0 Å². The molecule has 3 aromatic rings. The van der Waals surface area contributed by atoms with Gasteiger partial charge in [-0.2, -0.15) is 0 Å². The Labute approximate surface area is 119 Å². The second kappa shape index (κ2) is 5.30. The SMILES string of the molecule is O=C(O)c1cccnc1Sc1ccc2ccccc2n1. The summed E-state index contributed by atoms with van der Waals surface area (Å²) in [6.07, 6.45) is 1.58. The molecule has 2 aromatic heterocycles. The van der Waals surface area contributed by atoms with Crippen molar-refractivity contribution >= 4 is 28.6 Å². The minimum atomic E-state index is -0.985. The van der Waals surface area contributed by atoms with Gasteiger partial charge in [0.25, 0.3) is 0 Å². The van der Waals surface area contributed by atoms with Crippen LogP contribution in [0.1, 0.15) is 10.4 Å². The predicted octanol–water partition coefficient (Wildman–Crippen LogP) is 3.48. The number of benzene rings is 1. The first-order chi connectivity index (χ1) is 9.74. The zero-order chi connectivity index (χ0) is 13.9. The van der Waals surface area contributed by atoms with Gasteiger partial charge in [0.2, 0.25) is 0 Å². The van der Waals surface area contributed by atoms with Crippen LogP contribution in [0.2, 0.25) is 0 Å². The Morgan fingerprint density at radius 3 is 2.75 bits per heavy atom. The van der Waals surface area contributed by atoms with E-state index in [9.17, 15) is 4.79 Å². The number of pyridine rings is 2. The van der Waals surface area contributed by atoms with E-state index in [0.717, 1.165) is 15.9 Å². The summed E-state index contributed by atoms with van der Waals surface area (Å²) >= 11 is 1.25. The topological polar surface area (TPSA) is 63.1 Å². The summed E-state index contributed by atoms with van der Waals surface area (Å²) in [4.78, 5) is 19.8. The van der Waals surface area contributed by atoms with Gasteiger partial charge in [0.15, 0.2) is 0 Å². The van der Waals surface area contributed by atoms with Crippen LogP contribution in [0, 0.1) is 0 Å². The number of hydrogen-bond acceptors (Lipinski definition) is 4. The second-order valence-corrected chi connectivity index (χ2v) is 5.11. The van der Waals surface area contributed by atoms with Crippen molar-refractivity contribution in [2.24, 2.45) is 0 Å². The van der Waals surface area contributed by atoms with Gasteiger partial charge < -0.3 is 5.11 Å². The van der Waals surface area contributed by atoms with Crippen LogP contribution in [0.15, 0.2) is 64.8 Å². The van der Waals surface area contributed by atoms with Gasteiger partial charge in [-0.25, -0.2) is 14.8 Å². The van der Waals surface area contributed by atoms with Gasteiger partial charge in [-0.15, -0.1) is 0 Å². The predicted molar refractivity (Wildman–Crippen MR) is 77.1 cm³/mol. The minimum absolute atomic E-state index is 0.187. The molecule has 0 aliphatic rings. The fourth-order valence-corrected chi connectivity index (χ4v) is 2.70. The number of carbonyl (C=O) groups is 1. The van der Waals surface area contributed by atoms with Crippen LogP contribution in [0.25, 0.3) is 10.9 Å². The first-order valence-corrected chi connectivity index (χ1v) is 6.77. The molecule has 3 rings (SSSR count). The normalized spacial score (nSPS) is 10.6. The molecule has 0 aliphatic carbocycles. The van der Waals surface area contributed by atoms with Gasteiger partial charge in [-0.1, -0.05) is 24.3 Å². The summed E-state index contributed by atoms with van der Waals surface area (Å²) in [6.45, 7) is 0. The molecule has 98 valence electrons. The van der Waals surface area contributed by atoms with E-state index in [-0.39, 0.29) is 5.56 Å². The molecular weight excluding hydrogens is 272 g/mol. The number of carboxylic acid groups (broad SMARTS) is 1. The molecule has 0 bridgehead atoms. The van der Waals surface area contributed by atoms with Gasteiger partial charge in [-0.05, 0) is 36.0 Å². The number of hydrogen-bond donors (Lipinski definition) is 1.